The summed E-state index contributed by atoms with van der Waals surface area (Å²) >= 11 is 11.3. The number of anilines is 2. The number of benzene rings is 2. The van der Waals surface area contributed by atoms with Crippen LogP contribution in [0.2, 0.25) is 0 Å². The van der Waals surface area contributed by atoms with E-state index in [-0.39, 0.29) is 39.7 Å². The smallest absolute Gasteiger partial charge is 0.434 e. The number of amides is 2. The average molecular weight is 1220 g/mol. The monoisotopic (exact) mass is 1220 g/mol. The van der Waals surface area contributed by atoms with E-state index in [0.717, 1.165) is 84.1 Å². The Balaban J connectivity index is 0.000000311. The molecule has 0 bridgehead atoms. The van der Waals surface area contributed by atoms with E-state index in [1.807, 2.05) is 48.8 Å². The fourth-order valence-corrected chi connectivity index (χ4v) is 8.22. The molecule has 4 aliphatic heterocycles. The number of halogens is 15. The van der Waals surface area contributed by atoms with E-state index in [9.17, 15) is 67.1 Å². The van der Waals surface area contributed by atoms with Crippen molar-refractivity contribution in [3.8, 4) is 0 Å². The summed E-state index contributed by atoms with van der Waals surface area (Å²) in [5.74, 6) is 0. The zero-order valence-electron chi connectivity index (χ0n) is 39.0. The van der Waals surface area contributed by atoms with Gasteiger partial charge in [0.25, 0.3) is 12.2 Å². The molecule has 0 N–H and O–H groups in total. The molecule has 4 fully saturated rings. The molecule has 2 amide bonds. The predicted octanol–water partition coefficient (Wildman–Crippen LogP) is 10.9. The van der Waals surface area contributed by atoms with Crippen LogP contribution in [0.5, 0.6) is 0 Å². The summed E-state index contributed by atoms with van der Waals surface area (Å²) in [6.45, 7) is 16.9. The number of alkyl halides is 12. The highest BCUT2D eigenvalue weighted by molar-refractivity contribution is 9.10. The second kappa shape index (κ2) is 27.4. The fraction of sp³-hybridized carbons (Fsp3) is 0.659. The quantitative estimate of drug-likeness (QED) is 0.142. The summed E-state index contributed by atoms with van der Waals surface area (Å²) in [6.07, 6.45) is -33.0. The lowest BCUT2D eigenvalue weighted by Crippen LogP contribution is -2.52. The van der Waals surface area contributed by atoms with E-state index >= 15 is 0 Å². The second-order valence-corrected chi connectivity index (χ2v) is 19.6. The Bertz CT molecular complexity index is 2050. The Morgan fingerprint density at radius 2 is 0.877 bits per heavy atom. The summed E-state index contributed by atoms with van der Waals surface area (Å²) in [6, 6.07) is 12.4. The summed E-state index contributed by atoms with van der Waals surface area (Å²) in [5.41, 5.74) is 2.05. The maximum absolute atomic E-state index is 12.6. The van der Waals surface area contributed by atoms with Crippen LogP contribution >= 0.6 is 43.5 Å². The molecule has 0 aliphatic carbocycles. The first-order valence-corrected chi connectivity index (χ1v) is 24.0. The lowest BCUT2D eigenvalue weighted by molar-refractivity contribution is -0.308. The molecule has 14 nitrogen and oxygen atoms in total. The van der Waals surface area contributed by atoms with Crippen LogP contribution in [-0.4, -0.2) is 185 Å². The number of carbonyl (C=O) groups excluding carboxylic acids is 3. The minimum Gasteiger partial charge on any atom is -0.444 e. The standard InChI is InChI=1S/C20H30BrN3O3.C19H22BrF6N3O3.C4HClF6O2.CH4/c1-20(2,3)27-19(25)24-8-6-22(7-9-24)15-16-4-5-17(21)14-18(16)23-10-12-26-13-11-23;20-14-2-1-13(15(11-14)28-7-9-31-10-8-28)12-27-3-5-29(6-4-27)17(30)32-16(18(21,22)23)19(24,25)26;5-2(12)13-1(3(6,7)8)4(9,10)11;/h4-5,14H,6-13,15H2,1-3H3;1-2,11,16H,3-10,12H2;1H;1H4. The Hall–Kier alpha value is -3.70. The van der Waals surface area contributed by atoms with Crippen molar-refractivity contribution in [2.75, 3.05) is 115 Å². The van der Waals surface area contributed by atoms with Gasteiger partial charge in [-0.05, 0) is 56.2 Å². The van der Waals surface area contributed by atoms with Gasteiger partial charge in [0, 0.05) is 124 Å². The van der Waals surface area contributed by atoms with E-state index in [0.29, 0.717) is 32.8 Å². The predicted molar refractivity (Wildman–Crippen MR) is 252 cm³/mol. The number of nitrogens with zero attached hydrogens (tertiary/aromatic N) is 6. The largest absolute Gasteiger partial charge is 0.444 e. The number of morpholine rings is 2. The first-order chi connectivity index (χ1) is 33.3. The highest BCUT2D eigenvalue weighted by Gasteiger charge is 2.61. The van der Waals surface area contributed by atoms with Crippen LogP contribution in [0.4, 0.5) is 78.4 Å². The minimum absolute atomic E-state index is 0. The van der Waals surface area contributed by atoms with Crippen molar-refractivity contribution in [1.29, 1.82) is 0 Å². The lowest BCUT2D eigenvalue weighted by atomic mass is 10.1. The van der Waals surface area contributed by atoms with Gasteiger partial charge in [-0.15, -0.1) is 0 Å². The molecule has 4 aliphatic rings. The van der Waals surface area contributed by atoms with Gasteiger partial charge < -0.3 is 43.3 Å². The highest BCUT2D eigenvalue weighted by atomic mass is 79.9. The van der Waals surface area contributed by atoms with Crippen LogP contribution in [0, 0.1) is 0 Å². The zero-order valence-corrected chi connectivity index (χ0v) is 42.9. The van der Waals surface area contributed by atoms with Gasteiger partial charge in [0.1, 0.15) is 5.60 Å². The fourth-order valence-electron chi connectivity index (χ4n) is 7.43. The van der Waals surface area contributed by atoms with Gasteiger partial charge in [0.05, 0.1) is 26.4 Å². The van der Waals surface area contributed by atoms with Crippen molar-refractivity contribution < 1.29 is 90.8 Å². The molecule has 4 heterocycles. The maximum Gasteiger partial charge on any atom is 0.434 e. The average Bonchev–Trinajstić information content (AvgIpc) is 3.28. The molecule has 29 heteroatoms. The molecule has 416 valence electrons. The van der Waals surface area contributed by atoms with E-state index < -0.39 is 54.0 Å². The van der Waals surface area contributed by atoms with E-state index in [2.05, 4.69) is 85.8 Å². The molecule has 0 saturated carbocycles. The molecule has 73 heavy (non-hydrogen) atoms. The normalized spacial score (nSPS) is 17.8. The summed E-state index contributed by atoms with van der Waals surface area (Å²) in [5, 5.41) is 0. The summed E-state index contributed by atoms with van der Waals surface area (Å²) in [4.78, 5) is 45.5. The van der Waals surface area contributed by atoms with Crippen molar-refractivity contribution >= 4 is 72.5 Å². The van der Waals surface area contributed by atoms with Gasteiger partial charge in [0.15, 0.2) is 0 Å². The first kappa shape index (κ1) is 63.6. The Morgan fingerprint density at radius 3 is 1.18 bits per heavy atom. The number of hydrogen-bond acceptors (Lipinski definition) is 12. The van der Waals surface area contributed by atoms with Gasteiger partial charge in [-0.1, -0.05) is 51.4 Å². The molecule has 0 aromatic heterocycles. The molecule has 4 saturated heterocycles. The number of piperazine rings is 2. The first-order valence-electron chi connectivity index (χ1n) is 22.0. The molecule has 0 unspecified atom stereocenters. The van der Waals surface area contributed by atoms with Crippen molar-refractivity contribution in [2.45, 2.75) is 83.8 Å². The molecule has 0 spiro atoms. The molecule has 0 radical (unpaired) electrons. The third-order valence-corrected chi connectivity index (χ3v) is 11.9. The van der Waals surface area contributed by atoms with E-state index in [4.69, 9.17) is 14.2 Å². The minimum atomic E-state index is -5.73. The third-order valence-electron chi connectivity index (χ3n) is 10.9. The highest BCUT2D eigenvalue weighted by Crippen LogP contribution is 2.38. The SMILES string of the molecule is C.CC(C)(C)OC(=O)N1CCN(Cc2ccc(Br)cc2N2CCOCC2)CC1.O=C(Cl)OC(C(F)(F)F)C(F)(F)F.O=C(OC(C(F)(F)F)C(F)(F)F)N1CCN(Cc2ccc(Br)cc2N2CCOCC2)CC1. The maximum atomic E-state index is 12.6. The van der Waals surface area contributed by atoms with Crippen LogP contribution < -0.4 is 9.80 Å². The lowest BCUT2D eigenvalue weighted by Gasteiger charge is -2.37. The second-order valence-electron chi connectivity index (χ2n) is 17.4. The summed E-state index contributed by atoms with van der Waals surface area (Å²) < 4.78 is 170. The molecular weight excluding hydrogens is 1160 g/mol. The van der Waals surface area contributed by atoms with Crippen molar-refractivity contribution in [3.05, 3.63) is 56.5 Å². The van der Waals surface area contributed by atoms with Crippen LogP contribution in [0.15, 0.2) is 45.3 Å². The van der Waals surface area contributed by atoms with Crippen LogP contribution in [0.3, 0.4) is 0 Å². The van der Waals surface area contributed by atoms with Crippen molar-refractivity contribution in [3.63, 3.8) is 0 Å². The molecule has 6 rings (SSSR count). The Morgan fingerprint density at radius 1 is 0.548 bits per heavy atom. The van der Waals surface area contributed by atoms with Gasteiger partial charge in [-0.25, -0.2) is 14.4 Å². The topological polar surface area (TPSA) is 117 Å². The van der Waals surface area contributed by atoms with Gasteiger partial charge in [-0.3, -0.25) is 9.80 Å². The van der Waals surface area contributed by atoms with Crippen LogP contribution in [-0.2, 0) is 36.8 Å². The third kappa shape index (κ3) is 21.1. The van der Waals surface area contributed by atoms with Gasteiger partial charge in [-0.2, -0.15) is 52.7 Å². The summed E-state index contributed by atoms with van der Waals surface area (Å²) in [7, 11) is 0. The number of ether oxygens (including phenoxy) is 5. The van der Waals surface area contributed by atoms with Crippen LogP contribution in [0.1, 0.15) is 39.3 Å². The molecule has 2 aromatic carbocycles. The molecule has 2 aromatic rings. The Kier molecular flexibility index (Phi) is 23.8. The van der Waals surface area contributed by atoms with Gasteiger partial charge >= 0.3 is 42.3 Å². The van der Waals surface area contributed by atoms with Gasteiger partial charge in [0.2, 0.25) is 0 Å². The number of carbonyl (C=O) groups is 3. The Labute approximate surface area is 436 Å². The number of rotatable bonds is 8. The van der Waals surface area contributed by atoms with Crippen molar-refractivity contribution in [1.82, 2.24) is 19.6 Å². The molecular formula is C44H57Br2ClF12N6O8. The molecule has 0 atom stereocenters. The van der Waals surface area contributed by atoms with E-state index in [1.165, 1.54) is 11.3 Å². The van der Waals surface area contributed by atoms with E-state index in [1.54, 1.807) is 0 Å². The number of hydrogen-bond donors (Lipinski definition) is 0. The van der Waals surface area contributed by atoms with Crippen LogP contribution in [0.25, 0.3) is 0 Å². The zero-order chi connectivity index (χ0) is 53.8. The van der Waals surface area contributed by atoms with Crippen molar-refractivity contribution in [2.24, 2.45) is 0 Å².